The molecule has 1 aromatic carbocycles. The lowest BCUT2D eigenvalue weighted by Gasteiger charge is -2.15. The number of aromatic nitrogens is 1. The summed E-state index contributed by atoms with van der Waals surface area (Å²) in [5, 5.41) is 0. The predicted molar refractivity (Wildman–Crippen MR) is 91.8 cm³/mol. The van der Waals surface area contributed by atoms with E-state index in [4.69, 9.17) is 10.5 Å². The van der Waals surface area contributed by atoms with E-state index in [-0.39, 0.29) is 5.56 Å². The molecule has 0 atom stereocenters. The quantitative estimate of drug-likeness (QED) is 0.828. The van der Waals surface area contributed by atoms with Crippen molar-refractivity contribution >= 4 is 5.69 Å². The van der Waals surface area contributed by atoms with E-state index >= 15 is 0 Å². The number of nitrogen functional groups attached to an aromatic ring is 1. The Kier molecular flexibility index (Phi) is 4.98. The van der Waals surface area contributed by atoms with Crippen LogP contribution in [0, 0.1) is 0 Å². The summed E-state index contributed by atoms with van der Waals surface area (Å²) in [7, 11) is 0. The molecule has 2 heterocycles. The summed E-state index contributed by atoms with van der Waals surface area (Å²) >= 11 is 0. The van der Waals surface area contributed by atoms with Crippen molar-refractivity contribution in [3.8, 4) is 5.75 Å². The summed E-state index contributed by atoms with van der Waals surface area (Å²) in [6.45, 7) is 4.23. The topological polar surface area (TPSA) is 60.5 Å². The molecular weight excluding hydrogens is 290 g/mol. The molecule has 5 heteroatoms. The Morgan fingerprint density at radius 3 is 2.57 bits per heavy atom. The van der Waals surface area contributed by atoms with Crippen LogP contribution in [0.15, 0.2) is 47.4 Å². The molecule has 0 amide bonds. The average molecular weight is 313 g/mol. The van der Waals surface area contributed by atoms with Crippen molar-refractivity contribution in [1.29, 1.82) is 0 Å². The maximum Gasteiger partial charge on any atom is 0.293 e. The summed E-state index contributed by atoms with van der Waals surface area (Å²) in [6.07, 6.45) is 4.31. The highest BCUT2D eigenvalue weighted by Gasteiger charge is 2.11. The molecule has 0 unspecified atom stereocenters. The van der Waals surface area contributed by atoms with Gasteiger partial charge in [-0.25, -0.2) is 0 Å². The number of benzene rings is 1. The van der Waals surface area contributed by atoms with Gasteiger partial charge in [0.2, 0.25) is 0 Å². The van der Waals surface area contributed by atoms with Gasteiger partial charge < -0.3 is 15.0 Å². The fourth-order valence-electron chi connectivity index (χ4n) is 2.86. The number of nitrogens with zero attached hydrogens (tertiary/aromatic N) is 2. The van der Waals surface area contributed by atoms with Gasteiger partial charge in [0, 0.05) is 18.4 Å². The van der Waals surface area contributed by atoms with Gasteiger partial charge in [-0.05, 0) is 55.8 Å². The summed E-state index contributed by atoms with van der Waals surface area (Å²) < 4.78 is 7.36. The van der Waals surface area contributed by atoms with Crippen LogP contribution >= 0.6 is 0 Å². The van der Waals surface area contributed by atoms with E-state index in [0.717, 1.165) is 30.9 Å². The highest BCUT2D eigenvalue weighted by atomic mass is 16.5. The van der Waals surface area contributed by atoms with Gasteiger partial charge in [0.15, 0.2) is 5.75 Å². The van der Waals surface area contributed by atoms with Crippen molar-refractivity contribution in [2.24, 2.45) is 0 Å². The van der Waals surface area contributed by atoms with Gasteiger partial charge in [0.05, 0.1) is 6.54 Å². The minimum Gasteiger partial charge on any atom is -0.487 e. The van der Waals surface area contributed by atoms with E-state index in [1.165, 1.54) is 12.8 Å². The summed E-state index contributed by atoms with van der Waals surface area (Å²) in [6, 6.07) is 11.1. The van der Waals surface area contributed by atoms with Crippen LogP contribution in [0.5, 0.6) is 5.75 Å². The Bertz CT molecular complexity index is 688. The van der Waals surface area contributed by atoms with E-state index in [9.17, 15) is 4.79 Å². The molecule has 0 bridgehead atoms. The lowest BCUT2D eigenvalue weighted by Crippen LogP contribution is -2.27. The number of hydrogen-bond donors (Lipinski definition) is 1. The Balaban J connectivity index is 1.63. The number of ether oxygens (including phenoxy) is 1. The van der Waals surface area contributed by atoms with E-state index < -0.39 is 0 Å². The van der Waals surface area contributed by atoms with Gasteiger partial charge in [-0.3, -0.25) is 9.69 Å². The second-order valence-electron chi connectivity index (χ2n) is 5.94. The van der Waals surface area contributed by atoms with Crippen LogP contribution in [0.25, 0.3) is 0 Å². The van der Waals surface area contributed by atoms with Gasteiger partial charge in [0.25, 0.3) is 5.56 Å². The molecule has 1 aliphatic heterocycles. The SMILES string of the molecule is Nc1ccc(Cn2cccc(OCCN3CCCC3)c2=O)cc1. The first-order valence-electron chi connectivity index (χ1n) is 8.11. The summed E-state index contributed by atoms with van der Waals surface area (Å²) in [5.74, 6) is 0.419. The fraction of sp³-hybridized carbons (Fsp3) is 0.389. The molecular formula is C18H23N3O2. The van der Waals surface area contributed by atoms with Crippen LogP contribution in [0.4, 0.5) is 5.69 Å². The van der Waals surface area contributed by atoms with Crippen molar-refractivity contribution in [3.63, 3.8) is 0 Å². The monoisotopic (exact) mass is 313 g/mol. The first-order valence-corrected chi connectivity index (χ1v) is 8.11. The standard InChI is InChI=1S/C18H23N3O2/c19-16-7-5-15(6-8-16)14-21-11-3-4-17(18(21)22)23-13-12-20-9-1-2-10-20/h3-8,11H,1-2,9-10,12-14,19H2. The van der Waals surface area contributed by atoms with Crippen molar-refractivity contribution in [3.05, 3.63) is 58.5 Å². The van der Waals surface area contributed by atoms with Crippen LogP contribution < -0.4 is 16.0 Å². The average Bonchev–Trinajstić information content (AvgIpc) is 3.06. The van der Waals surface area contributed by atoms with Crippen molar-refractivity contribution < 1.29 is 4.74 Å². The van der Waals surface area contributed by atoms with Crippen LogP contribution in [-0.2, 0) is 6.54 Å². The van der Waals surface area contributed by atoms with Crippen LogP contribution in [0.1, 0.15) is 18.4 Å². The Morgan fingerprint density at radius 1 is 1.09 bits per heavy atom. The molecule has 0 spiro atoms. The third kappa shape index (κ3) is 4.13. The molecule has 1 fully saturated rings. The van der Waals surface area contributed by atoms with Gasteiger partial charge in [-0.15, -0.1) is 0 Å². The smallest absolute Gasteiger partial charge is 0.293 e. The molecule has 0 radical (unpaired) electrons. The Morgan fingerprint density at radius 2 is 1.83 bits per heavy atom. The molecule has 0 saturated carbocycles. The molecule has 2 aromatic rings. The molecule has 23 heavy (non-hydrogen) atoms. The molecule has 5 nitrogen and oxygen atoms in total. The molecule has 1 saturated heterocycles. The van der Waals surface area contributed by atoms with Crippen molar-refractivity contribution in [2.45, 2.75) is 19.4 Å². The number of pyridine rings is 1. The predicted octanol–water partition coefficient (Wildman–Crippen LogP) is 1.95. The van der Waals surface area contributed by atoms with E-state index in [2.05, 4.69) is 4.90 Å². The van der Waals surface area contributed by atoms with Gasteiger partial charge in [-0.1, -0.05) is 12.1 Å². The normalized spacial score (nSPS) is 15.0. The molecule has 1 aromatic heterocycles. The Hall–Kier alpha value is -2.27. The summed E-state index contributed by atoms with van der Waals surface area (Å²) in [5.41, 5.74) is 7.36. The number of hydrogen-bond acceptors (Lipinski definition) is 4. The van der Waals surface area contributed by atoms with E-state index in [0.29, 0.717) is 18.9 Å². The van der Waals surface area contributed by atoms with Gasteiger partial charge in [0.1, 0.15) is 6.61 Å². The number of likely N-dealkylation sites (tertiary alicyclic amines) is 1. The highest BCUT2D eigenvalue weighted by molar-refractivity contribution is 5.39. The Labute approximate surface area is 136 Å². The maximum absolute atomic E-state index is 12.5. The zero-order chi connectivity index (χ0) is 16.1. The summed E-state index contributed by atoms with van der Waals surface area (Å²) in [4.78, 5) is 14.8. The second kappa shape index (κ2) is 7.33. The molecule has 2 N–H and O–H groups in total. The van der Waals surface area contributed by atoms with Crippen molar-refractivity contribution in [2.75, 3.05) is 32.0 Å². The molecule has 122 valence electrons. The third-order valence-corrected chi connectivity index (χ3v) is 4.18. The fourth-order valence-corrected chi connectivity index (χ4v) is 2.86. The maximum atomic E-state index is 12.5. The van der Waals surface area contributed by atoms with Crippen LogP contribution in [0.2, 0.25) is 0 Å². The lowest BCUT2D eigenvalue weighted by molar-refractivity contribution is 0.235. The molecule has 1 aliphatic rings. The number of rotatable bonds is 6. The zero-order valence-electron chi connectivity index (χ0n) is 13.3. The minimum atomic E-state index is -0.0919. The van der Waals surface area contributed by atoms with Crippen LogP contribution in [0.3, 0.4) is 0 Å². The third-order valence-electron chi connectivity index (χ3n) is 4.18. The number of nitrogens with two attached hydrogens (primary N) is 1. The van der Waals surface area contributed by atoms with Crippen LogP contribution in [-0.4, -0.2) is 35.7 Å². The first-order chi connectivity index (χ1) is 11.2. The van der Waals surface area contributed by atoms with E-state index in [1.807, 2.05) is 30.3 Å². The minimum absolute atomic E-state index is 0.0919. The second-order valence-corrected chi connectivity index (χ2v) is 5.94. The first kappa shape index (κ1) is 15.6. The number of anilines is 1. The highest BCUT2D eigenvalue weighted by Crippen LogP contribution is 2.09. The van der Waals surface area contributed by atoms with Crippen molar-refractivity contribution in [1.82, 2.24) is 9.47 Å². The lowest BCUT2D eigenvalue weighted by atomic mass is 10.2. The molecule has 0 aliphatic carbocycles. The van der Waals surface area contributed by atoms with Gasteiger partial charge >= 0.3 is 0 Å². The molecule has 3 rings (SSSR count). The zero-order valence-corrected chi connectivity index (χ0v) is 13.3. The largest absolute Gasteiger partial charge is 0.487 e. The van der Waals surface area contributed by atoms with Gasteiger partial charge in [-0.2, -0.15) is 0 Å². The van der Waals surface area contributed by atoms with E-state index in [1.54, 1.807) is 16.8 Å².